The van der Waals surface area contributed by atoms with Crippen LogP contribution < -0.4 is 0 Å². The van der Waals surface area contributed by atoms with Gasteiger partial charge in [0.05, 0.1) is 5.75 Å². The van der Waals surface area contributed by atoms with Crippen molar-refractivity contribution < 1.29 is 8.42 Å². The second-order valence-electron chi connectivity index (χ2n) is 2.82. The number of alkyl halides is 1. The minimum absolute atomic E-state index is 0.0161. The molecule has 0 N–H and O–H groups in total. The first kappa shape index (κ1) is 12.0. The monoisotopic (exact) mass is 244 g/mol. The molecule has 0 amide bonds. The number of sulfone groups is 1. The van der Waals surface area contributed by atoms with E-state index in [4.69, 9.17) is 16.9 Å². The Balaban J connectivity index is 3.11. The summed E-state index contributed by atoms with van der Waals surface area (Å²) in [7, 11) is -3.43. The molecule has 0 bridgehead atoms. The maximum Gasteiger partial charge on any atom is 0.181 e. The number of aromatic nitrogens is 1. The Morgan fingerprint density at radius 3 is 2.87 bits per heavy atom. The summed E-state index contributed by atoms with van der Waals surface area (Å²) < 4.78 is 23.4. The van der Waals surface area contributed by atoms with E-state index in [1.807, 2.05) is 0 Å². The van der Waals surface area contributed by atoms with Gasteiger partial charge in [0.1, 0.15) is 11.0 Å². The van der Waals surface area contributed by atoms with E-state index >= 15 is 0 Å². The standard InChI is InChI=1S/C9H9ClN2O2S/c10-4-2-6-15(13,14)9-3-1-5-12-8(9)7-11/h1,3,5H,2,4,6H2. The van der Waals surface area contributed by atoms with Crippen molar-refractivity contribution in [2.45, 2.75) is 11.3 Å². The molecule has 0 spiro atoms. The SMILES string of the molecule is N#Cc1ncccc1S(=O)(=O)CCCCl. The van der Waals surface area contributed by atoms with Crippen LogP contribution in [0.5, 0.6) is 0 Å². The molecule has 0 aliphatic heterocycles. The molecule has 1 aromatic heterocycles. The smallest absolute Gasteiger partial charge is 0.181 e. The molecule has 0 unspecified atom stereocenters. The predicted molar refractivity (Wildman–Crippen MR) is 56.3 cm³/mol. The van der Waals surface area contributed by atoms with Gasteiger partial charge >= 0.3 is 0 Å². The third kappa shape index (κ3) is 2.91. The van der Waals surface area contributed by atoms with Crippen molar-refractivity contribution in [2.75, 3.05) is 11.6 Å². The first-order valence-corrected chi connectivity index (χ1v) is 6.44. The molecule has 1 rings (SSSR count). The van der Waals surface area contributed by atoms with Crippen molar-refractivity contribution >= 4 is 21.4 Å². The molecule has 0 radical (unpaired) electrons. The lowest BCUT2D eigenvalue weighted by atomic mass is 10.4. The molecule has 0 aromatic carbocycles. The molecule has 0 saturated heterocycles. The van der Waals surface area contributed by atoms with Gasteiger partial charge in [0.2, 0.25) is 0 Å². The van der Waals surface area contributed by atoms with E-state index in [2.05, 4.69) is 4.98 Å². The molecule has 6 heteroatoms. The zero-order chi connectivity index (χ0) is 11.3. The number of rotatable bonds is 4. The van der Waals surface area contributed by atoms with Gasteiger partial charge in [0.15, 0.2) is 15.5 Å². The molecule has 4 nitrogen and oxygen atoms in total. The van der Waals surface area contributed by atoms with Gasteiger partial charge in [-0.05, 0) is 18.6 Å². The molecule has 1 aromatic rings. The number of nitriles is 1. The average Bonchev–Trinajstić information content (AvgIpc) is 2.26. The Morgan fingerprint density at radius 2 is 2.27 bits per heavy atom. The number of pyridine rings is 1. The zero-order valence-electron chi connectivity index (χ0n) is 7.85. The highest BCUT2D eigenvalue weighted by Crippen LogP contribution is 2.14. The normalized spacial score (nSPS) is 10.9. The van der Waals surface area contributed by atoms with Crippen molar-refractivity contribution in [3.8, 4) is 6.07 Å². The van der Waals surface area contributed by atoms with Crippen LogP contribution in [0.15, 0.2) is 23.2 Å². The highest BCUT2D eigenvalue weighted by Gasteiger charge is 2.18. The van der Waals surface area contributed by atoms with Crippen LogP contribution in [0.25, 0.3) is 0 Å². The maximum atomic E-state index is 11.7. The fourth-order valence-electron chi connectivity index (χ4n) is 1.08. The van der Waals surface area contributed by atoms with Crippen LogP contribution in [0.3, 0.4) is 0 Å². The number of halogens is 1. The van der Waals surface area contributed by atoms with E-state index in [9.17, 15) is 8.42 Å². The molecule has 15 heavy (non-hydrogen) atoms. The molecule has 0 atom stereocenters. The average molecular weight is 245 g/mol. The van der Waals surface area contributed by atoms with E-state index in [1.165, 1.54) is 18.3 Å². The lowest BCUT2D eigenvalue weighted by Crippen LogP contribution is -2.09. The molecule has 80 valence electrons. The Morgan fingerprint density at radius 1 is 1.53 bits per heavy atom. The number of hydrogen-bond acceptors (Lipinski definition) is 4. The number of nitrogens with zero attached hydrogens (tertiary/aromatic N) is 2. The van der Waals surface area contributed by atoms with Crippen LogP contribution in [0, 0.1) is 11.3 Å². The second-order valence-corrected chi connectivity index (χ2v) is 5.28. The molecule has 0 fully saturated rings. The van der Waals surface area contributed by atoms with Gasteiger partial charge in [-0.15, -0.1) is 11.6 Å². The summed E-state index contributed by atoms with van der Waals surface area (Å²) in [4.78, 5) is 3.68. The van der Waals surface area contributed by atoms with Crippen LogP contribution in [-0.2, 0) is 9.84 Å². The summed E-state index contributed by atoms with van der Waals surface area (Å²) in [6.45, 7) is 0. The van der Waals surface area contributed by atoms with Gasteiger partial charge in [0, 0.05) is 12.1 Å². The highest BCUT2D eigenvalue weighted by atomic mass is 35.5. The van der Waals surface area contributed by atoms with Crippen LogP contribution in [0.2, 0.25) is 0 Å². The maximum absolute atomic E-state index is 11.7. The van der Waals surface area contributed by atoms with Crippen LogP contribution in [0.1, 0.15) is 12.1 Å². The molecule has 1 heterocycles. The quantitative estimate of drug-likeness (QED) is 0.750. The summed E-state index contributed by atoms with van der Waals surface area (Å²) in [5, 5.41) is 8.70. The van der Waals surface area contributed by atoms with Crippen molar-refractivity contribution in [3.05, 3.63) is 24.0 Å². The van der Waals surface area contributed by atoms with Crippen molar-refractivity contribution in [1.82, 2.24) is 4.98 Å². The second kappa shape index (κ2) is 5.10. The third-order valence-corrected chi connectivity index (χ3v) is 3.85. The minimum atomic E-state index is -3.43. The van der Waals surface area contributed by atoms with Crippen molar-refractivity contribution in [1.29, 1.82) is 5.26 Å². The first-order chi connectivity index (χ1) is 7.11. The van der Waals surface area contributed by atoms with Gasteiger partial charge in [-0.1, -0.05) is 0 Å². The van der Waals surface area contributed by atoms with Crippen LogP contribution in [0.4, 0.5) is 0 Å². The fraction of sp³-hybridized carbons (Fsp3) is 0.333. The summed E-state index contributed by atoms with van der Waals surface area (Å²) in [5.74, 6) is 0.220. The van der Waals surface area contributed by atoms with E-state index in [0.717, 1.165) is 0 Å². The molecule has 0 aliphatic carbocycles. The van der Waals surface area contributed by atoms with Crippen LogP contribution >= 0.6 is 11.6 Å². The third-order valence-electron chi connectivity index (χ3n) is 1.76. The topological polar surface area (TPSA) is 70.8 Å². The van der Waals surface area contributed by atoms with Gasteiger partial charge in [-0.25, -0.2) is 13.4 Å². The lowest BCUT2D eigenvalue weighted by Gasteiger charge is -2.03. The minimum Gasteiger partial charge on any atom is -0.244 e. The fourth-order valence-corrected chi connectivity index (χ4v) is 2.80. The zero-order valence-corrected chi connectivity index (χ0v) is 9.42. The molecule has 0 saturated carbocycles. The molecule has 0 aliphatic rings. The predicted octanol–water partition coefficient (Wildman–Crippen LogP) is 1.36. The largest absolute Gasteiger partial charge is 0.244 e. The van der Waals surface area contributed by atoms with Gasteiger partial charge < -0.3 is 0 Å². The summed E-state index contributed by atoms with van der Waals surface area (Å²) in [5.41, 5.74) is -0.0629. The highest BCUT2D eigenvalue weighted by molar-refractivity contribution is 7.91. The van der Waals surface area contributed by atoms with Gasteiger partial charge in [0.25, 0.3) is 0 Å². The van der Waals surface area contributed by atoms with E-state index < -0.39 is 9.84 Å². The van der Waals surface area contributed by atoms with Crippen LogP contribution in [-0.4, -0.2) is 25.0 Å². The van der Waals surface area contributed by atoms with Crippen molar-refractivity contribution in [2.24, 2.45) is 0 Å². The Labute approximate surface area is 93.4 Å². The summed E-state index contributed by atoms with van der Waals surface area (Å²) >= 11 is 5.42. The Hall–Kier alpha value is -1.12. The first-order valence-electron chi connectivity index (χ1n) is 4.25. The molecular formula is C9H9ClN2O2S. The summed E-state index contributed by atoms with van der Waals surface area (Å²) in [6, 6.07) is 4.63. The van der Waals surface area contributed by atoms with Crippen molar-refractivity contribution in [3.63, 3.8) is 0 Å². The van der Waals surface area contributed by atoms with E-state index in [1.54, 1.807) is 6.07 Å². The Kier molecular flexibility index (Phi) is 4.06. The number of hydrogen-bond donors (Lipinski definition) is 0. The van der Waals surface area contributed by atoms with Gasteiger partial charge in [-0.2, -0.15) is 5.26 Å². The molecular weight excluding hydrogens is 236 g/mol. The summed E-state index contributed by atoms with van der Waals surface area (Å²) in [6.07, 6.45) is 1.75. The lowest BCUT2D eigenvalue weighted by molar-refractivity contribution is 0.594. The van der Waals surface area contributed by atoms with E-state index in [0.29, 0.717) is 6.42 Å². The Bertz CT molecular complexity index is 479. The van der Waals surface area contributed by atoms with Gasteiger partial charge in [-0.3, -0.25) is 0 Å². The van der Waals surface area contributed by atoms with E-state index in [-0.39, 0.29) is 22.2 Å².